The van der Waals surface area contributed by atoms with Crippen molar-refractivity contribution in [2.75, 3.05) is 6.54 Å². The molecule has 6 nitrogen and oxygen atoms in total. The van der Waals surface area contributed by atoms with Crippen LogP contribution in [0.5, 0.6) is 5.75 Å². The number of aromatic nitrogens is 1. The minimum absolute atomic E-state index is 0.183. The van der Waals surface area contributed by atoms with E-state index < -0.39 is 5.60 Å². The second-order valence-electron chi connectivity index (χ2n) is 6.73. The lowest BCUT2D eigenvalue weighted by Gasteiger charge is -2.22. The third-order valence-electron chi connectivity index (χ3n) is 4.79. The van der Waals surface area contributed by atoms with Gasteiger partial charge in [-0.1, -0.05) is 18.0 Å². The number of hydrogen-bond donors (Lipinski definition) is 2. The molecule has 2 N–H and O–H groups in total. The summed E-state index contributed by atoms with van der Waals surface area (Å²) in [6.45, 7) is 4.40. The van der Waals surface area contributed by atoms with E-state index in [1.807, 2.05) is 13.8 Å². The van der Waals surface area contributed by atoms with Crippen molar-refractivity contribution in [1.29, 1.82) is 0 Å². The average Bonchev–Trinajstić information content (AvgIpc) is 3.18. The van der Waals surface area contributed by atoms with Crippen LogP contribution in [0.25, 0.3) is 0 Å². The van der Waals surface area contributed by atoms with Crippen LogP contribution in [0, 0.1) is 13.8 Å². The molecule has 1 saturated carbocycles. The Bertz CT molecular complexity index is 711. The normalized spacial score (nSPS) is 16.0. The maximum atomic E-state index is 12.2. The Morgan fingerprint density at radius 3 is 2.56 bits per heavy atom. The predicted octanol–water partition coefficient (Wildman–Crippen LogP) is 2.91. The Morgan fingerprint density at radius 1 is 1.28 bits per heavy atom. The Labute approximate surface area is 147 Å². The van der Waals surface area contributed by atoms with E-state index in [4.69, 9.17) is 9.26 Å². The van der Waals surface area contributed by atoms with Crippen molar-refractivity contribution < 1.29 is 19.2 Å². The standard InChI is InChI=1S/C19H24N2O4/c1-13-17(14(2)25-21-13)11-24-16-7-5-15(6-8-16)18(22)20-12-19(23)9-3-4-10-19/h5-8,23H,3-4,9-12H2,1-2H3,(H,20,22). The van der Waals surface area contributed by atoms with E-state index in [9.17, 15) is 9.90 Å². The largest absolute Gasteiger partial charge is 0.489 e. The van der Waals surface area contributed by atoms with Gasteiger partial charge in [0, 0.05) is 12.1 Å². The quantitative estimate of drug-likeness (QED) is 0.842. The molecule has 1 aromatic heterocycles. The first-order valence-corrected chi connectivity index (χ1v) is 8.62. The van der Waals surface area contributed by atoms with Gasteiger partial charge in [-0.3, -0.25) is 4.79 Å². The summed E-state index contributed by atoms with van der Waals surface area (Å²) in [5.74, 6) is 1.24. The summed E-state index contributed by atoms with van der Waals surface area (Å²) in [5.41, 5.74) is 1.56. The molecule has 1 aromatic carbocycles. The van der Waals surface area contributed by atoms with Crippen molar-refractivity contribution in [3.05, 3.63) is 46.8 Å². The van der Waals surface area contributed by atoms with E-state index >= 15 is 0 Å². The van der Waals surface area contributed by atoms with Crippen LogP contribution in [0.2, 0.25) is 0 Å². The van der Waals surface area contributed by atoms with Crippen LogP contribution < -0.4 is 10.1 Å². The van der Waals surface area contributed by atoms with Crippen LogP contribution >= 0.6 is 0 Å². The smallest absolute Gasteiger partial charge is 0.251 e. The number of rotatable bonds is 6. The number of carbonyl (C=O) groups excluding carboxylic acids is 1. The number of amides is 1. The third kappa shape index (κ3) is 4.20. The van der Waals surface area contributed by atoms with Gasteiger partial charge in [0.1, 0.15) is 18.1 Å². The maximum Gasteiger partial charge on any atom is 0.251 e. The van der Waals surface area contributed by atoms with Crippen molar-refractivity contribution in [3.63, 3.8) is 0 Å². The molecule has 0 atom stereocenters. The first-order chi connectivity index (χ1) is 12.0. The number of carbonyl (C=O) groups is 1. The van der Waals surface area contributed by atoms with E-state index in [1.165, 1.54) is 0 Å². The fourth-order valence-electron chi connectivity index (χ4n) is 3.12. The molecule has 2 aromatic rings. The highest BCUT2D eigenvalue weighted by atomic mass is 16.5. The summed E-state index contributed by atoms with van der Waals surface area (Å²) < 4.78 is 10.8. The molecule has 1 aliphatic rings. The molecule has 134 valence electrons. The van der Waals surface area contributed by atoms with E-state index in [0.29, 0.717) is 24.5 Å². The lowest BCUT2D eigenvalue weighted by Crippen LogP contribution is -2.40. The molecule has 0 radical (unpaired) electrons. The Morgan fingerprint density at radius 2 is 1.96 bits per heavy atom. The van der Waals surface area contributed by atoms with Crippen LogP contribution in [0.1, 0.15) is 53.1 Å². The second kappa shape index (κ2) is 7.27. The Hall–Kier alpha value is -2.34. The first kappa shape index (κ1) is 17.5. The van der Waals surface area contributed by atoms with Crippen LogP contribution in [-0.4, -0.2) is 28.3 Å². The molecule has 0 bridgehead atoms. The Kier molecular flexibility index (Phi) is 5.08. The molecule has 1 heterocycles. The number of nitrogens with one attached hydrogen (secondary N) is 1. The SMILES string of the molecule is Cc1noc(C)c1COc1ccc(C(=O)NCC2(O)CCCC2)cc1. The second-order valence-corrected chi connectivity index (χ2v) is 6.73. The van der Waals surface area contributed by atoms with Crippen LogP contribution in [0.15, 0.2) is 28.8 Å². The predicted molar refractivity (Wildman–Crippen MR) is 92.5 cm³/mol. The summed E-state index contributed by atoms with van der Waals surface area (Å²) in [7, 11) is 0. The number of aliphatic hydroxyl groups is 1. The monoisotopic (exact) mass is 344 g/mol. The zero-order valence-corrected chi connectivity index (χ0v) is 14.7. The highest BCUT2D eigenvalue weighted by Gasteiger charge is 2.31. The van der Waals surface area contributed by atoms with Gasteiger partial charge in [-0.15, -0.1) is 0 Å². The summed E-state index contributed by atoms with van der Waals surface area (Å²) >= 11 is 0. The number of nitrogens with zero attached hydrogens (tertiary/aromatic N) is 1. The number of ether oxygens (including phenoxy) is 1. The molecule has 25 heavy (non-hydrogen) atoms. The van der Waals surface area contributed by atoms with Gasteiger partial charge in [-0.05, 0) is 51.0 Å². The highest BCUT2D eigenvalue weighted by Crippen LogP contribution is 2.28. The minimum Gasteiger partial charge on any atom is -0.489 e. The minimum atomic E-state index is -0.743. The molecule has 0 aliphatic heterocycles. The molecule has 1 aliphatic carbocycles. The highest BCUT2D eigenvalue weighted by molar-refractivity contribution is 5.94. The van der Waals surface area contributed by atoms with Crippen LogP contribution in [0.3, 0.4) is 0 Å². The van der Waals surface area contributed by atoms with E-state index in [2.05, 4.69) is 10.5 Å². The van der Waals surface area contributed by atoms with Gasteiger partial charge in [0.2, 0.25) is 0 Å². The Balaban J connectivity index is 1.53. The van der Waals surface area contributed by atoms with Gasteiger partial charge in [-0.25, -0.2) is 0 Å². The van der Waals surface area contributed by atoms with Gasteiger partial charge in [0.15, 0.2) is 0 Å². The van der Waals surface area contributed by atoms with Gasteiger partial charge in [-0.2, -0.15) is 0 Å². The van der Waals surface area contributed by atoms with E-state index in [1.54, 1.807) is 24.3 Å². The van der Waals surface area contributed by atoms with Gasteiger partial charge in [0.25, 0.3) is 5.91 Å². The maximum absolute atomic E-state index is 12.2. The summed E-state index contributed by atoms with van der Waals surface area (Å²) in [5, 5.41) is 17.0. The van der Waals surface area contributed by atoms with Crippen LogP contribution in [-0.2, 0) is 6.61 Å². The number of aryl methyl sites for hydroxylation is 2. The van der Waals surface area contributed by atoms with Gasteiger partial charge >= 0.3 is 0 Å². The van der Waals surface area contributed by atoms with Crippen molar-refractivity contribution in [3.8, 4) is 5.75 Å². The fourth-order valence-corrected chi connectivity index (χ4v) is 3.12. The van der Waals surface area contributed by atoms with E-state index in [-0.39, 0.29) is 5.91 Å². The van der Waals surface area contributed by atoms with Crippen molar-refractivity contribution in [1.82, 2.24) is 10.5 Å². The molecule has 1 fully saturated rings. The molecular formula is C19H24N2O4. The van der Waals surface area contributed by atoms with Gasteiger partial charge < -0.3 is 19.7 Å². The average molecular weight is 344 g/mol. The topological polar surface area (TPSA) is 84.6 Å². The van der Waals surface area contributed by atoms with Crippen LogP contribution in [0.4, 0.5) is 0 Å². The molecule has 3 rings (SSSR count). The van der Waals surface area contributed by atoms with Crippen molar-refractivity contribution >= 4 is 5.91 Å². The summed E-state index contributed by atoms with van der Waals surface area (Å²) in [6.07, 6.45) is 3.54. The molecule has 1 amide bonds. The zero-order chi connectivity index (χ0) is 17.9. The van der Waals surface area contributed by atoms with Crippen molar-refractivity contribution in [2.45, 2.75) is 51.7 Å². The van der Waals surface area contributed by atoms with Crippen molar-refractivity contribution in [2.24, 2.45) is 0 Å². The summed E-state index contributed by atoms with van der Waals surface area (Å²) in [4.78, 5) is 12.2. The van der Waals surface area contributed by atoms with Gasteiger partial charge in [0.05, 0.1) is 16.9 Å². The molecule has 0 unspecified atom stereocenters. The fraction of sp³-hybridized carbons (Fsp3) is 0.474. The lowest BCUT2D eigenvalue weighted by atomic mass is 10.0. The molecule has 0 saturated heterocycles. The number of benzene rings is 1. The zero-order valence-electron chi connectivity index (χ0n) is 14.7. The van der Waals surface area contributed by atoms with E-state index in [0.717, 1.165) is 42.7 Å². The first-order valence-electron chi connectivity index (χ1n) is 8.62. The third-order valence-corrected chi connectivity index (χ3v) is 4.79. The molecule has 0 spiro atoms. The lowest BCUT2D eigenvalue weighted by molar-refractivity contribution is 0.0449. The molecule has 6 heteroatoms. The summed E-state index contributed by atoms with van der Waals surface area (Å²) in [6, 6.07) is 6.96. The molecular weight excluding hydrogens is 320 g/mol. The number of hydrogen-bond acceptors (Lipinski definition) is 5.